The summed E-state index contributed by atoms with van der Waals surface area (Å²) in [6.45, 7) is 12.8. The molecule has 0 saturated heterocycles. The van der Waals surface area contributed by atoms with Crippen molar-refractivity contribution >= 4 is 5.78 Å². The Balaban J connectivity index is 1.98. The Bertz CT molecular complexity index is 1020. The Hall–Kier alpha value is -2.87. The molecule has 2 heteroatoms. The third-order valence-electron chi connectivity index (χ3n) is 6.08. The summed E-state index contributed by atoms with van der Waals surface area (Å²) in [5.41, 5.74) is 4.55. The molecule has 0 aliphatic carbocycles. The largest absolute Gasteiger partial charge is 0.507 e. The Morgan fingerprint density at radius 3 is 1.72 bits per heavy atom. The molecule has 0 heterocycles. The maximum atomic E-state index is 13.4. The van der Waals surface area contributed by atoms with Gasteiger partial charge in [0, 0.05) is 11.5 Å². The fraction of sp³-hybridized carbons (Fsp3) is 0.367. The zero-order chi connectivity index (χ0) is 23.5. The van der Waals surface area contributed by atoms with Gasteiger partial charge in [0.2, 0.25) is 0 Å². The van der Waals surface area contributed by atoms with Gasteiger partial charge in [0.1, 0.15) is 5.75 Å². The summed E-state index contributed by atoms with van der Waals surface area (Å²) in [5, 5.41) is 11.0. The molecular weight excluding hydrogens is 392 g/mol. The van der Waals surface area contributed by atoms with E-state index in [1.54, 1.807) is 0 Å². The van der Waals surface area contributed by atoms with Gasteiger partial charge in [0.05, 0.1) is 0 Å². The molecule has 0 aliphatic rings. The zero-order valence-electron chi connectivity index (χ0n) is 20.3. The minimum absolute atomic E-state index is 0.155. The molecule has 1 unspecified atom stereocenters. The number of ketones is 1. The van der Waals surface area contributed by atoms with Gasteiger partial charge in [-0.25, -0.2) is 0 Å². The number of hydrogen-bond donors (Lipinski definition) is 1. The van der Waals surface area contributed by atoms with E-state index in [0.29, 0.717) is 5.75 Å². The summed E-state index contributed by atoms with van der Waals surface area (Å²) in [6.07, 6.45) is 1.49. The lowest BCUT2D eigenvalue weighted by Gasteiger charge is -2.28. The van der Waals surface area contributed by atoms with Gasteiger partial charge in [-0.15, -0.1) is 0 Å². The van der Waals surface area contributed by atoms with E-state index < -0.39 is 0 Å². The fourth-order valence-corrected chi connectivity index (χ4v) is 4.23. The number of phenols is 1. The topological polar surface area (TPSA) is 37.3 Å². The molecule has 3 aromatic carbocycles. The van der Waals surface area contributed by atoms with Crippen molar-refractivity contribution in [1.29, 1.82) is 0 Å². The van der Waals surface area contributed by atoms with Crippen LogP contribution in [0.3, 0.4) is 0 Å². The number of benzene rings is 3. The third kappa shape index (κ3) is 5.48. The van der Waals surface area contributed by atoms with Crippen LogP contribution >= 0.6 is 0 Å². The standard InChI is InChI=1S/C30H36O2/c1-29(2,3)25-19-21(20-26(28(25)32)30(4,5)6)17-18-24(22-13-9-7-10-14-22)27(31)23-15-11-8-12-16-23/h7-16,19-20,24,32H,17-18H2,1-6H3. The Kier molecular flexibility index (Phi) is 6.93. The van der Waals surface area contributed by atoms with Crippen LogP contribution in [0.2, 0.25) is 0 Å². The van der Waals surface area contributed by atoms with Crippen molar-refractivity contribution in [1.82, 2.24) is 0 Å². The molecule has 32 heavy (non-hydrogen) atoms. The van der Waals surface area contributed by atoms with Gasteiger partial charge in [0.15, 0.2) is 5.78 Å². The average Bonchev–Trinajstić information content (AvgIpc) is 2.74. The van der Waals surface area contributed by atoms with Crippen LogP contribution in [0.4, 0.5) is 0 Å². The number of carbonyl (C=O) groups is 1. The minimum Gasteiger partial charge on any atom is -0.507 e. The van der Waals surface area contributed by atoms with Gasteiger partial charge in [-0.1, -0.05) is 114 Å². The van der Waals surface area contributed by atoms with E-state index in [1.807, 2.05) is 60.7 Å². The van der Waals surface area contributed by atoms with E-state index in [1.165, 1.54) is 5.56 Å². The van der Waals surface area contributed by atoms with Crippen molar-refractivity contribution in [3.8, 4) is 5.75 Å². The highest BCUT2D eigenvalue weighted by atomic mass is 16.3. The summed E-state index contributed by atoms with van der Waals surface area (Å²) in [7, 11) is 0. The summed E-state index contributed by atoms with van der Waals surface area (Å²) < 4.78 is 0. The molecule has 0 radical (unpaired) electrons. The van der Waals surface area contributed by atoms with E-state index >= 15 is 0 Å². The van der Waals surface area contributed by atoms with Crippen LogP contribution in [0.25, 0.3) is 0 Å². The highest BCUT2D eigenvalue weighted by molar-refractivity contribution is 6.00. The molecule has 0 amide bonds. The second kappa shape index (κ2) is 9.32. The van der Waals surface area contributed by atoms with Gasteiger partial charge in [-0.2, -0.15) is 0 Å². The number of rotatable bonds is 6. The molecule has 1 N–H and O–H groups in total. The number of phenolic OH excluding ortho intramolecular Hbond substituents is 1. The molecular formula is C30H36O2. The van der Waals surface area contributed by atoms with E-state index in [0.717, 1.165) is 35.1 Å². The van der Waals surface area contributed by atoms with Gasteiger partial charge in [-0.05, 0) is 45.9 Å². The van der Waals surface area contributed by atoms with Gasteiger partial charge in [0.25, 0.3) is 0 Å². The number of aromatic hydroxyl groups is 1. The first kappa shape index (κ1) is 23.8. The quantitative estimate of drug-likeness (QED) is 0.411. The number of hydrogen-bond acceptors (Lipinski definition) is 2. The van der Waals surface area contributed by atoms with E-state index in [-0.39, 0.29) is 22.5 Å². The molecule has 0 aliphatic heterocycles. The lowest BCUT2D eigenvalue weighted by atomic mass is 9.77. The second-order valence-electron chi connectivity index (χ2n) is 10.8. The molecule has 2 nitrogen and oxygen atoms in total. The lowest BCUT2D eigenvalue weighted by Crippen LogP contribution is -2.18. The second-order valence-corrected chi connectivity index (χ2v) is 10.8. The van der Waals surface area contributed by atoms with Gasteiger partial charge >= 0.3 is 0 Å². The highest BCUT2D eigenvalue weighted by Gasteiger charge is 2.27. The first-order valence-corrected chi connectivity index (χ1v) is 11.5. The lowest BCUT2D eigenvalue weighted by molar-refractivity contribution is 0.0955. The molecule has 3 aromatic rings. The summed E-state index contributed by atoms with van der Waals surface area (Å²) in [6, 6.07) is 23.9. The fourth-order valence-electron chi connectivity index (χ4n) is 4.23. The van der Waals surface area contributed by atoms with Crippen molar-refractivity contribution in [2.45, 2.75) is 71.1 Å². The van der Waals surface area contributed by atoms with Crippen molar-refractivity contribution in [2.75, 3.05) is 0 Å². The summed E-state index contributed by atoms with van der Waals surface area (Å²) >= 11 is 0. The van der Waals surface area contributed by atoms with Gasteiger partial charge in [-0.3, -0.25) is 4.79 Å². The van der Waals surface area contributed by atoms with Crippen LogP contribution in [0.15, 0.2) is 72.8 Å². The van der Waals surface area contributed by atoms with Crippen LogP contribution in [-0.2, 0) is 17.3 Å². The van der Waals surface area contributed by atoms with Crippen molar-refractivity contribution in [3.63, 3.8) is 0 Å². The molecule has 0 aromatic heterocycles. The SMILES string of the molecule is CC(C)(C)c1cc(CCC(C(=O)c2ccccc2)c2ccccc2)cc(C(C)(C)C)c1O. The maximum Gasteiger partial charge on any atom is 0.170 e. The van der Waals surface area contributed by atoms with E-state index in [9.17, 15) is 9.90 Å². The number of carbonyl (C=O) groups excluding carboxylic acids is 1. The van der Waals surface area contributed by atoms with Crippen LogP contribution in [0, 0.1) is 0 Å². The zero-order valence-corrected chi connectivity index (χ0v) is 20.3. The monoisotopic (exact) mass is 428 g/mol. The molecule has 3 rings (SSSR count). The molecule has 0 fully saturated rings. The van der Waals surface area contributed by atoms with E-state index in [2.05, 4.69) is 53.7 Å². The Morgan fingerprint density at radius 1 is 0.781 bits per heavy atom. The number of aryl methyl sites for hydroxylation is 1. The maximum absolute atomic E-state index is 13.4. The normalized spacial score (nSPS) is 13.1. The molecule has 168 valence electrons. The van der Waals surface area contributed by atoms with Crippen LogP contribution in [0.1, 0.15) is 86.5 Å². The van der Waals surface area contributed by atoms with Crippen molar-refractivity contribution in [3.05, 3.63) is 101 Å². The van der Waals surface area contributed by atoms with Crippen LogP contribution in [-0.4, -0.2) is 10.9 Å². The Morgan fingerprint density at radius 2 is 1.25 bits per heavy atom. The van der Waals surface area contributed by atoms with Crippen molar-refractivity contribution < 1.29 is 9.90 Å². The molecule has 0 spiro atoms. The predicted octanol–water partition coefficient (Wildman–Crippen LogP) is 7.59. The molecule has 1 atom stereocenters. The smallest absolute Gasteiger partial charge is 0.170 e. The number of Topliss-reactive ketones (excluding diaryl/α,β-unsaturated/α-hetero) is 1. The Labute approximate surface area is 193 Å². The highest BCUT2D eigenvalue weighted by Crippen LogP contribution is 2.40. The first-order chi connectivity index (χ1) is 15.0. The summed E-state index contributed by atoms with van der Waals surface area (Å²) in [5.74, 6) is 0.347. The van der Waals surface area contributed by atoms with Gasteiger partial charge < -0.3 is 5.11 Å². The van der Waals surface area contributed by atoms with Crippen molar-refractivity contribution in [2.24, 2.45) is 0 Å². The average molecular weight is 429 g/mol. The van der Waals surface area contributed by atoms with Crippen LogP contribution in [0.5, 0.6) is 5.75 Å². The molecule has 0 saturated carbocycles. The predicted molar refractivity (Wildman–Crippen MR) is 134 cm³/mol. The minimum atomic E-state index is -0.205. The summed E-state index contributed by atoms with van der Waals surface area (Å²) in [4.78, 5) is 13.4. The first-order valence-electron chi connectivity index (χ1n) is 11.5. The van der Waals surface area contributed by atoms with Crippen LogP contribution < -0.4 is 0 Å². The molecule has 0 bridgehead atoms. The third-order valence-corrected chi connectivity index (χ3v) is 6.08. The van der Waals surface area contributed by atoms with E-state index in [4.69, 9.17) is 0 Å².